The fourth-order valence-corrected chi connectivity index (χ4v) is 1.87. The number of aromatic nitrogens is 1. The zero-order chi connectivity index (χ0) is 11.4. The Morgan fingerprint density at radius 1 is 1.38 bits per heavy atom. The molecule has 0 amide bonds. The molecule has 0 saturated heterocycles. The van der Waals surface area contributed by atoms with E-state index < -0.39 is 0 Å². The van der Waals surface area contributed by atoms with Gasteiger partial charge in [-0.05, 0) is 43.5 Å². The molecule has 0 aliphatic heterocycles. The van der Waals surface area contributed by atoms with Crippen molar-refractivity contribution in [3.05, 3.63) is 42.6 Å². The number of hydrogen-bond donors (Lipinski definition) is 1. The van der Waals surface area contributed by atoms with E-state index in [0.29, 0.717) is 0 Å². The Bertz CT molecular complexity index is 484. The second-order valence-corrected chi connectivity index (χ2v) is 3.93. The van der Waals surface area contributed by atoms with Crippen molar-refractivity contribution in [2.75, 3.05) is 7.11 Å². The third-order valence-electron chi connectivity index (χ3n) is 2.74. The number of allylic oxidation sites excluding steroid dienone is 1. The van der Waals surface area contributed by atoms with Gasteiger partial charge in [-0.15, -0.1) is 6.58 Å². The van der Waals surface area contributed by atoms with Gasteiger partial charge >= 0.3 is 0 Å². The lowest BCUT2D eigenvalue weighted by molar-refractivity contribution is 0.415. The highest BCUT2D eigenvalue weighted by Crippen LogP contribution is 2.22. The van der Waals surface area contributed by atoms with Crippen molar-refractivity contribution in [2.24, 2.45) is 0 Å². The van der Waals surface area contributed by atoms with Crippen LogP contribution in [0.15, 0.2) is 36.9 Å². The van der Waals surface area contributed by atoms with Gasteiger partial charge in [0.05, 0.1) is 7.11 Å². The van der Waals surface area contributed by atoms with Crippen LogP contribution in [-0.2, 0) is 6.42 Å². The van der Waals surface area contributed by atoms with E-state index >= 15 is 0 Å². The molecule has 0 aliphatic rings. The predicted octanol–water partition coefficient (Wildman–Crippen LogP) is 3.69. The number of rotatable bonds is 5. The van der Waals surface area contributed by atoms with Crippen LogP contribution < -0.4 is 4.74 Å². The van der Waals surface area contributed by atoms with Crippen molar-refractivity contribution in [3.8, 4) is 5.75 Å². The van der Waals surface area contributed by atoms with Gasteiger partial charge in [0.2, 0.25) is 0 Å². The van der Waals surface area contributed by atoms with E-state index in [0.717, 1.165) is 25.0 Å². The number of fused-ring (bicyclic) bond motifs is 1. The minimum absolute atomic E-state index is 0.907. The Labute approximate surface area is 95.9 Å². The van der Waals surface area contributed by atoms with Crippen LogP contribution in [0.1, 0.15) is 18.5 Å². The molecular formula is C14H17NO. The van der Waals surface area contributed by atoms with Gasteiger partial charge in [-0.3, -0.25) is 0 Å². The number of hydrogen-bond acceptors (Lipinski definition) is 1. The van der Waals surface area contributed by atoms with Crippen molar-refractivity contribution in [3.63, 3.8) is 0 Å². The molecule has 0 atom stereocenters. The first kappa shape index (κ1) is 10.8. The quantitative estimate of drug-likeness (QED) is 0.597. The van der Waals surface area contributed by atoms with Crippen LogP contribution in [-0.4, -0.2) is 12.1 Å². The maximum atomic E-state index is 5.20. The number of H-pyrrole nitrogens is 1. The summed E-state index contributed by atoms with van der Waals surface area (Å²) in [5.74, 6) is 0.907. The zero-order valence-electron chi connectivity index (χ0n) is 9.62. The fraction of sp³-hybridized carbons (Fsp3) is 0.286. The first-order chi connectivity index (χ1) is 7.83. The summed E-state index contributed by atoms with van der Waals surface area (Å²) in [4.78, 5) is 3.42. The second kappa shape index (κ2) is 4.88. The molecule has 16 heavy (non-hydrogen) atoms. The maximum Gasteiger partial charge on any atom is 0.119 e. The molecule has 2 heteroatoms. The van der Waals surface area contributed by atoms with Gasteiger partial charge in [0.1, 0.15) is 5.75 Å². The standard InChI is InChI=1S/C14H17NO/c1-3-4-5-6-12-9-11-10-13(16-2)7-8-14(11)15-12/h3,7-10,15H,1,4-6H2,2H3. The number of aryl methyl sites for hydroxylation is 1. The third kappa shape index (κ3) is 2.27. The van der Waals surface area contributed by atoms with Crippen molar-refractivity contribution < 1.29 is 4.74 Å². The molecule has 2 rings (SSSR count). The van der Waals surface area contributed by atoms with E-state index in [2.05, 4.69) is 29.8 Å². The molecular weight excluding hydrogens is 198 g/mol. The molecule has 1 N–H and O–H groups in total. The Hall–Kier alpha value is -1.70. The highest BCUT2D eigenvalue weighted by Gasteiger charge is 2.01. The number of benzene rings is 1. The SMILES string of the molecule is C=CCCCc1cc2cc(OC)ccc2[nH]1. The molecule has 2 aromatic rings. The summed E-state index contributed by atoms with van der Waals surface area (Å²) in [6, 6.07) is 8.29. The Morgan fingerprint density at radius 2 is 2.25 bits per heavy atom. The van der Waals surface area contributed by atoms with Gasteiger partial charge in [-0.2, -0.15) is 0 Å². The van der Waals surface area contributed by atoms with E-state index in [-0.39, 0.29) is 0 Å². The molecule has 0 aliphatic carbocycles. The third-order valence-corrected chi connectivity index (χ3v) is 2.74. The zero-order valence-corrected chi connectivity index (χ0v) is 9.62. The summed E-state index contributed by atoms with van der Waals surface area (Å²) >= 11 is 0. The van der Waals surface area contributed by atoms with Crippen LogP contribution in [0.2, 0.25) is 0 Å². The summed E-state index contributed by atoms with van der Waals surface area (Å²) in [7, 11) is 1.69. The predicted molar refractivity (Wildman–Crippen MR) is 68.0 cm³/mol. The first-order valence-electron chi connectivity index (χ1n) is 5.60. The Kier molecular flexibility index (Phi) is 3.30. The number of aromatic amines is 1. The van der Waals surface area contributed by atoms with E-state index in [4.69, 9.17) is 4.74 Å². The minimum Gasteiger partial charge on any atom is -0.497 e. The number of unbranched alkanes of at least 4 members (excludes halogenated alkanes) is 1. The van der Waals surface area contributed by atoms with E-state index in [1.165, 1.54) is 16.6 Å². The highest BCUT2D eigenvalue weighted by atomic mass is 16.5. The van der Waals surface area contributed by atoms with Crippen LogP contribution in [0, 0.1) is 0 Å². The molecule has 1 aromatic heterocycles. The molecule has 0 spiro atoms. The van der Waals surface area contributed by atoms with Crippen LogP contribution >= 0.6 is 0 Å². The van der Waals surface area contributed by atoms with Crippen molar-refractivity contribution in [1.82, 2.24) is 4.98 Å². The average molecular weight is 215 g/mol. The lowest BCUT2D eigenvalue weighted by Crippen LogP contribution is -1.83. The topological polar surface area (TPSA) is 25.0 Å². The molecule has 0 bridgehead atoms. The highest BCUT2D eigenvalue weighted by molar-refractivity contribution is 5.81. The van der Waals surface area contributed by atoms with Gasteiger partial charge in [0.25, 0.3) is 0 Å². The van der Waals surface area contributed by atoms with E-state index in [9.17, 15) is 0 Å². The monoisotopic (exact) mass is 215 g/mol. The molecule has 0 radical (unpaired) electrons. The molecule has 2 nitrogen and oxygen atoms in total. The minimum atomic E-state index is 0.907. The van der Waals surface area contributed by atoms with E-state index in [1.807, 2.05) is 12.1 Å². The average Bonchev–Trinajstić information content (AvgIpc) is 2.70. The molecule has 84 valence electrons. The van der Waals surface area contributed by atoms with Crippen LogP contribution in [0.5, 0.6) is 5.75 Å². The summed E-state index contributed by atoms with van der Waals surface area (Å²) in [6.07, 6.45) is 5.25. The van der Waals surface area contributed by atoms with E-state index in [1.54, 1.807) is 7.11 Å². The van der Waals surface area contributed by atoms with Crippen molar-refractivity contribution in [2.45, 2.75) is 19.3 Å². The van der Waals surface area contributed by atoms with Crippen LogP contribution in [0.4, 0.5) is 0 Å². The van der Waals surface area contributed by atoms with Crippen molar-refractivity contribution >= 4 is 10.9 Å². The Balaban J connectivity index is 2.19. The molecule has 0 fully saturated rings. The first-order valence-corrected chi connectivity index (χ1v) is 5.60. The van der Waals surface area contributed by atoms with Gasteiger partial charge in [0, 0.05) is 16.6 Å². The van der Waals surface area contributed by atoms with Gasteiger partial charge < -0.3 is 9.72 Å². The fourth-order valence-electron chi connectivity index (χ4n) is 1.87. The second-order valence-electron chi connectivity index (χ2n) is 3.93. The van der Waals surface area contributed by atoms with Crippen LogP contribution in [0.3, 0.4) is 0 Å². The van der Waals surface area contributed by atoms with Crippen LogP contribution in [0.25, 0.3) is 10.9 Å². The summed E-state index contributed by atoms with van der Waals surface area (Å²) in [5, 5.41) is 1.22. The number of nitrogens with one attached hydrogen (secondary N) is 1. The summed E-state index contributed by atoms with van der Waals surface area (Å²) in [6.45, 7) is 3.73. The van der Waals surface area contributed by atoms with Gasteiger partial charge in [-0.25, -0.2) is 0 Å². The Morgan fingerprint density at radius 3 is 3.00 bits per heavy atom. The summed E-state index contributed by atoms with van der Waals surface area (Å²) < 4.78 is 5.20. The molecule has 0 saturated carbocycles. The van der Waals surface area contributed by atoms with Crippen molar-refractivity contribution in [1.29, 1.82) is 0 Å². The number of methoxy groups -OCH3 is 1. The number of ether oxygens (including phenoxy) is 1. The summed E-state index contributed by atoms with van der Waals surface area (Å²) in [5.41, 5.74) is 2.46. The maximum absolute atomic E-state index is 5.20. The molecule has 0 unspecified atom stereocenters. The lowest BCUT2D eigenvalue weighted by Gasteiger charge is -1.97. The smallest absolute Gasteiger partial charge is 0.119 e. The van der Waals surface area contributed by atoms with Gasteiger partial charge in [0.15, 0.2) is 0 Å². The molecule has 1 aromatic carbocycles. The van der Waals surface area contributed by atoms with Gasteiger partial charge in [-0.1, -0.05) is 6.08 Å². The lowest BCUT2D eigenvalue weighted by atomic mass is 10.2. The molecule has 1 heterocycles. The normalized spacial score (nSPS) is 10.6. The largest absolute Gasteiger partial charge is 0.497 e.